The molecule has 0 saturated carbocycles. The highest BCUT2D eigenvalue weighted by Gasteiger charge is 2.43. The summed E-state index contributed by atoms with van der Waals surface area (Å²) in [5.41, 5.74) is 7.58. The van der Waals surface area contributed by atoms with Gasteiger partial charge in [-0.25, -0.2) is 0 Å². The van der Waals surface area contributed by atoms with E-state index in [2.05, 4.69) is 101 Å². The Morgan fingerprint density at radius 3 is 2.10 bits per heavy atom. The zero-order valence-electron chi connectivity index (χ0n) is 26.9. The second-order valence-corrected chi connectivity index (χ2v) is 12.8. The predicted molar refractivity (Wildman–Crippen MR) is 174 cm³/mol. The summed E-state index contributed by atoms with van der Waals surface area (Å²) in [7, 11) is 0. The van der Waals surface area contributed by atoms with Gasteiger partial charge in [0.1, 0.15) is 0 Å². The van der Waals surface area contributed by atoms with Crippen LogP contribution in [0.15, 0.2) is 59.9 Å². The number of rotatable bonds is 11. The first-order valence-corrected chi connectivity index (χ1v) is 16.2. The van der Waals surface area contributed by atoms with Gasteiger partial charge in [-0.05, 0) is 51.7 Å². The largest absolute Gasteiger partial charge is 0.871 e. The van der Waals surface area contributed by atoms with Crippen molar-refractivity contribution in [3.05, 3.63) is 76.7 Å². The van der Waals surface area contributed by atoms with Crippen LogP contribution >= 0.6 is 0 Å². The first-order chi connectivity index (χ1) is 20.1. The number of allylic oxidation sites excluding steroid dienone is 3. The Balaban J connectivity index is 1.65. The Labute approximate surface area is 252 Å². The maximum atomic E-state index is 14.2. The van der Waals surface area contributed by atoms with E-state index in [0.29, 0.717) is 23.0 Å². The normalized spacial score (nSPS) is 19.8. The van der Waals surface area contributed by atoms with Crippen LogP contribution in [-0.4, -0.2) is 26.7 Å². The molecule has 5 rings (SSSR count). The van der Waals surface area contributed by atoms with Crippen LogP contribution in [-0.2, 0) is 4.79 Å². The van der Waals surface area contributed by atoms with Gasteiger partial charge in [0.15, 0.2) is 17.5 Å². The summed E-state index contributed by atoms with van der Waals surface area (Å²) in [6.07, 6.45) is 7.08. The molecule has 2 aliphatic rings. The van der Waals surface area contributed by atoms with E-state index in [9.17, 15) is 9.90 Å². The summed E-state index contributed by atoms with van der Waals surface area (Å²) in [6.45, 7) is 17.8. The smallest absolute Gasteiger partial charge is 0.213 e. The summed E-state index contributed by atoms with van der Waals surface area (Å²) in [5.74, 6) is 0.746. The maximum Gasteiger partial charge on any atom is 0.213 e. The van der Waals surface area contributed by atoms with E-state index < -0.39 is 0 Å². The Morgan fingerprint density at radius 2 is 1.43 bits per heavy atom. The molecule has 0 bridgehead atoms. The number of carbonyl (C=O) groups is 1. The molecule has 1 aliphatic carbocycles. The third-order valence-corrected chi connectivity index (χ3v) is 10.2. The van der Waals surface area contributed by atoms with E-state index in [0.717, 1.165) is 57.5 Å². The van der Waals surface area contributed by atoms with Crippen LogP contribution in [0.2, 0.25) is 0 Å². The number of Topliss-reactive ketones (excluding diaryl/α,β-unsaturated/α-hetero) is 1. The summed E-state index contributed by atoms with van der Waals surface area (Å²) in [6, 6.07) is 17.1. The number of ketones is 1. The molecule has 1 aliphatic heterocycles. The first-order valence-electron chi connectivity index (χ1n) is 16.2. The molecule has 4 nitrogen and oxygen atoms in total. The van der Waals surface area contributed by atoms with Gasteiger partial charge in [-0.1, -0.05) is 89.5 Å². The van der Waals surface area contributed by atoms with Gasteiger partial charge in [0.05, 0.1) is 11.1 Å². The van der Waals surface area contributed by atoms with Crippen LogP contribution in [0.3, 0.4) is 0 Å². The van der Waals surface area contributed by atoms with E-state index in [1.54, 1.807) is 0 Å². The van der Waals surface area contributed by atoms with Gasteiger partial charge >= 0.3 is 0 Å². The molecule has 2 heterocycles. The minimum absolute atomic E-state index is 0.115. The zero-order valence-corrected chi connectivity index (χ0v) is 26.9. The summed E-state index contributed by atoms with van der Waals surface area (Å²) in [5, 5.41) is 15.2. The monoisotopic (exact) mass is 564 g/mol. The standard InChI is InChI=1S/C38H48N2O2/c1-9-11-17-23(3)25(5)39-27(7)33(29-19-13-15-21-31(29)39)35-37(41)36(38(35)42)34-28(8)40(26(6)24(4)18-12-10-2)32-22-16-14-20-30(32)34/h13-16,19-26H,9-12,17-18H2,1-8H3. The first kappa shape index (κ1) is 30.1. The molecule has 1 aromatic heterocycles. The molecule has 0 saturated heterocycles. The number of benzene rings is 2. The van der Waals surface area contributed by atoms with Crippen molar-refractivity contribution in [1.82, 2.24) is 4.57 Å². The van der Waals surface area contributed by atoms with E-state index in [1.807, 2.05) is 12.1 Å². The lowest BCUT2D eigenvalue weighted by Gasteiger charge is -2.32. The van der Waals surface area contributed by atoms with E-state index in [-0.39, 0.29) is 23.6 Å². The molecular formula is C38H48N2O2. The van der Waals surface area contributed by atoms with Gasteiger partial charge in [0, 0.05) is 58.3 Å². The van der Waals surface area contributed by atoms with Crippen molar-refractivity contribution in [2.45, 2.75) is 106 Å². The lowest BCUT2D eigenvalue weighted by atomic mass is 9.78. The molecule has 42 heavy (non-hydrogen) atoms. The topological polar surface area (TPSA) is 48.1 Å². The molecule has 0 spiro atoms. The predicted octanol–water partition coefficient (Wildman–Crippen LogP) is 8.78. The quantitative estimate of drug-likeness (QED) is 0.173. The maximum absolute atomic E-state index is 14.2. The highest BCUT2D eigenvalue weighted by atomic mass is 16.3. The Morgan fingerprint density at radius 1 is 0.810 bits per heavy atom. The molecule has 0 N–H and O–H groups in total. The molecule has 3 aromatic rings. The van der Waals surface area contributed by atoms with Crippen molar-refractivity contribution >= 4 is 39.2 Å². The summed E-state index contributed by atoms with van der Waals surface area (Å²) < 4.78 is 4.74. The van der Waals surface area contributed by atoms with Crippen molar-refractivity contribution in [2.75, 3.05) is 0 Å². The number of aromatic nitrogens is 1. The Bertz CT molecular complexity index is 1610. The van der Waals surface area contributed by atoms with Crippen molar-refractivity contribution in [3.8, 4) is 0 Å². The van der Waals surface area contributed by atoms with Gasteiger partial charge in [0.25, 0.3) is 0 Å². The number of hydrogen-bond acceptors (Lipinski definition) is 2. The molecule has 4 unspecified atom stereocenters. The lowest BCUT2D eigenvalue weighted by Crippen LogP contribution is -2.32. The highest BCUT2D eigenvalue weighted by molar-refractivity contribution is 6.46. The minimum Gasteiger partial charge on any atom is -0.871 e. The summed E-state index contributed by atoms with van der Waals surface area (Å²) >= 11 is 0. The van der Waals surface area contributed by atoms with Gasteiger partial charge in [-0.15, -0.1) is 0 Å². The van der Waals surface area contributed by atoms with E-state index >= 15 is 0 Å². The van der Waals surface area contributed by atoms with Crippen LogP contribution in [0.4, 0.5) is 5.69 Å². The molecule has 4 heteroatoms. The molecule has 222 valence electrons. The molecule has 4 atom stereocenters. The molecule has 0 fully saturated rings. The average Bonchev–Trinajstić information content (AvgIpc) is 3.44. The van der Waals surface area contributed by atoms with Gasteiger partial charge in [-0.2, -0.15) is 4.58 Å². The van der Waals surface area contributed by atoms with Crippen LogP contribution < -0.4 is 5.11 Å². The number of para-hydroxylation sites is 2. The minimum atomic E-state index is -0.115. The van der Waals surface area contributed by atoms with Crippen molar-refractivity contribution in [3.63, 3.8) is 0 Å². The second-order valence-electron chi connectivity index (χ2n) is 12.8. The van der Waals surface area contributed by atoms with Crippen molar-refractivity contribution < 1.29 is 14.5 Å². The molecule has 0 radical (unpaired) electrons. The number of hydrogen-bond donors (Lipinski definition) is 0. The van der Waals surface area contributed by atoms with Crippen LogP contribution in [0.25, 0.3) is 22.0 Å². The number of unbranched alkanes of at least 4 members (excludes halogenated alkanes) is 2. The van der Waals surface area contributed by atoms with Crippen LogP contribution in [0.5, 0.6) is 0 Å². The molecule has 2 aromatic carbocycles. The lowest BCUT2D eigenvalue weighted by molar-refractivity contribution is -0.487. The summed E-state index contributed by atoms with van der Waals surface area (Å²) in [4.78, 5) is 14.2. The zero-order chi connectivity index (χ0) is 30.3. The Hall–Kier alpha value is -3.40. The van der Waals surface area contributed by atoms with Crippen molar-refractivity contribution in [2.24, 2.45) is 11.8 Å². The van der Waals surface area contributed by atoms with Crippen LogP contribution in [0, 0.1) is 18.8 Å². The van der Waals surface area contributed by atoms with Crippen LogP contribution in [0.1, 0.15) is 110 Å². The fourth-order valence-electron chi connectivity index (χ4n) is 7.35. The highest BCUT2D eigenvalue weighted by Crippen LogP contribution is 2.48. The van der Waals surface area contributed by atoms with E-state index in [4.69, 9.17) is 0 Å². The van der Waals surface area contributed by atoms with E-state index in [1.165, 1.54) is 25.7 Å². The Kier molecular flexibility index (Phi) is 8.64. The van der Waals surface area contributed by atoms with Gasteiger partial charge < -0.3 is 9.67 Å². The van der Waals surface area contributed by atoms with Gasteiger partial charge in [0.2, 0.25) is 5.69 Å². The third-order valence-electron chi connectivity index (χ3n) is 10.2. The number of nitrogens with zero attached hydrogens (tertiary/aromatic N) is 2. The van der Waals surface area contributed by atoms with Crippen molar-refractivity contribution in [1.29, 1.82) is 0 Å². The average molecular weight is 565 g/mol. The molecule has 0 amide bonds. The fourth-order valence-corrected chi connectivity index (χ4v) is 7.35. The third kappa shape index (κ3) is 4.77. The second kappa shape index (κ2) is 12.1. The SMILES string of the molecule is CCCCC(C)C(C)n1c(C)c(C2=C([O-])/C(=C3\C(C)=[N+](C(C)C(C)CCCC)c4ccccc43)C2=O)c2ccccc21. The number of carbonyl (C=O) groups excluding carboxylic acids is 1. The molecular weight excluding hydrogens is 516 g/mol. The van der Waals surface area contributed by atoms with Gasteiger partial charge in [-0.3, -0.25) is 4.79 Å². The number of fused-ring (bicyclic) bond motifs is 2. The fraction of sp³-hybridized carbons (Fsp3) is 0.474.